The number of amides is 2. The van der Waals surface area contributed by atoms with Gasteiger partial charge in [0.15, 0.2) is 5.13 Å². The second kappa shape index (κ2) is 8.80. The average molecular weight is 452 g/mol. The standard InChI is InChI=1S/C23H21N3O5S/c1-13(21(28)29)26(2)20(27)19-12-32-22(24-19)25-23(30)31-11-18-16-9-5-3-7-14(16)15-8-4-6-10-17(15)18/h3-10,12-13,18H,11H2,1-2H3,(H,28,29)(H,24,25,30). The third-order valence-electron chi connectivity index (χ3n) is 5.53. The molecule has 164 valence electrons. The minimum atomic E-state index is -1.12. The SMILES string of the molecule is CC(C(=O)O)N(C)C(=O)c1csc(NC(=O)OCC2c3ccccc3-c3ccccc32)n1. The number of carboxylic acids is 1. The Hall–Kier alpha value is -3.72. The van der Waals surface area contributed by atoms with Crippen LogP contribution in [0.15, 0.2) is 53.9 Å². The van der Waals surface area contributed by atoms with Gasteiger partial charge in [0, 0.05) is 18.3 Å². The summed E-state index contributed by atoms with van der Waals surface area (Å²) in [6.45, 7) is 1.57. The molecule has 8 nitrogen and oxygen atoms in total. The summed E-state index contributed by atoms with van der Waals surface area (Å²) in [6, 6.07) is 15.1. The number of aliphatic carboxylic acids is 1. The second-order valence-corrected chi connectivity index (χ2v) is 8.28. The van der Waals surface area contributed by atoms with Gasteiger partial charge in [-0.25, -0.2) is 14.6 Å². The molecule has 0 fully saturated rings. The number of hydrogen-bond donors (Lipinski definition) is 2. The molecule has 0 saturated carbocycles. The Labute approximate surface area is 188 Å². The normalized spacial score (nSPS) is 13.1. The van der Waals surface area contributed by atoms with E-state index in [0.29, 0.717) is 0 Å². The number of aromatic nitrogens is 1. The maximum absolute atomic E-state index is 12.4. The molecule has 2 aromatic carbocycles. The van der Waals surface area contributed by atoms with Crippen molar-refractivity contribution in [3.63, 3.8) is 0 Å². The minimum Gasteiger partial charge on any atom is -0.480 e. The van der Waals surface area contributed by atoms with Crippen molar-refractivity contribution in [2.75, 3.05) is 19.0 Å². The van der Waals surface area contributed by atoms with E-state index in [4.69, 9.17) is 9.84 Å². The summed E-state index contributed by atoms with van der Waals surface area (Å²) < 4.78 is 5.47. The summed E-state index contributed by atoms with van der Waals surface area (Å²) in [4.78, 5) is 41.0. The van der Waals surface area contributed by atoms with Gasteiger partial charge in [-0.15, -0.1) is 11.3 Å². The minimum absolute atomic E-state index is 0.0551. The predicted molar refractivity (Wildman–Crippen MR) is 120 cm³/mol. The molecule has 1 unspecified atom stereocenters. The number of fused-ring (bicyclic) bond motifs is 3. The second-order valence-electron chi connectivity index (χ2n) is 7.42. The molecule has 1 aliphatic rings. The summed E-state index contributed by atoms with van der Waals surface area (Å²) >= 11 is 1.06. The number of likely N-dealkylation sites (N-methyl/N-ethyl adjacent to an activating group) is 1. The fourth-order valence-electron chi connectivity index (χ4n) is 3.67. The molecule has 2 N–H and O–H groups in total. The van der Waals surface area contributed by atoms with Gasteiger partial charge in [-0.1, -0.05) is 48.5 Å². The number of anilines is 1. The third-order valence-corrected chi connectivity index (χ3v) is 6.29. The molecule has 9 heteroatoms. The number of rotatable bonds is 6. The van der Waals surface area contributed by atoms with Gasteiger partial charge in [0.2, 0.25) is 0 Å². The number of nitrogens with zero attached hydrogens (tertiary/aromatic N) is 2. The molecule has 1 heterocycles. The van der Waals surface area contributed by atoms with E-state index in [1.54, 1.807) is 0 Å². The molecule has 0 radical (unpaired) electrons. The molecule has 32 heavy (non-hydrogen) atoms. The lowest BCUT2D eigenvalue weighted by Crippen LogP contribution is -2.40. The largest absolute Gasteiger partial charge is 0.480 e. The van der Waals surface area contributed by atoms with Crippen molar-refractivity contribution in [2.24, 2.45) is 0 Å². The number of carbonyl (C=O) groups excluding carboxylic acids is 2. The third kappa shape index (κ3) is 4.06. The van der Waals surface area contributed by atoms with Crippen molar-refractivity contribution in [1.82, 2.24) is 9.88 Å². The molecule has 2 amide bonds. The Kier molecular flexibility index (Phi) is 5.91. The number of nitrogens with one attached hydrogen (secondary N) is 1. The highest BCUT2D eigenvalue weighted by molar-refractivity contribution is 7.14. The molecule has 1 aromatic heterocycles. The van der Waals surface area contributed by atoms with Crippen molar-refractivity contribution in [2.45, 2.75) is 18.9 Å². The molecular weight excluding hydrogens is 430 g/mol. The van der Waals surface area contributed by atoms with Gasteiger partial charge >= 0.3 is 12.1 Å². The van der Waals surface area contributed by atoms with Gasteiger partial charge in [-0.2, -0.15) is 0 Å². The highest BCUT2D eigenvalue weighted by Crippen LogP contribution is 2.44. The molecule has 0 saturated heterocycles. The zero-order valence-electron chi connectivity index (χ0n) is 17.4. The van der Waals surface area contributed by atoms with E-state index >= 15 is 0 Å². The van der Waals surface area contributed by atoms with Crippen LogP contribution in [0.4, 0.5) is 9.93 Å². The lowest BCUT2D eigenvalue weighted by molar-refractivity contribution is -0.141. The Morgan fingerprint density at radius 2 is 1.72 bits per heavy atom. The van der Waals surface area contributed by atoms with Crippen LogP contribution in [0.25, 0.3) is 11.1 Å². The van der Waals surface area contributed by atoms with E-state index in [1.165, 1.54) is 19.4 Å². The Bertz CT molecular complexity index is 1150. The number of carboxylic acid groups (broad SMARTS) is 1. The van der Waals surface area contributed by atoms with Crippen LogP contribution < -0.4 is 5.32 Å². The van der Waals surface area contributed by atoms with Gasteiger partial charge in [-0.05, 0) is 29.2 Å². The Morgan fingerprint density at radius 1 is 1.12 bits per heavy atom. The molecule has 0 spiro atoms. The van der Waals surface area contributed by atoms with Crippen LogP contribution in [0, 0.1) is 0 Å². The monoisotopic (exact) mass is 451 g/mol. The molecule has 1 atom stereocenters. The van der Waals surface area contributed by atoms with Crippen LogP contribution in [-0.2, 0) is 9.53 Å². The van der Waals surface area contributed by atoms with Gasteiger partial charge in [0.05, 0.1) is 0 Å². The highest BCUT2D eigenvalue weighted by Gasteiger charge is 2.29. The lowest BCUT2D eigenvalue weighted by Gasteiger charge is -2.20. The van der Waals surface area contributed by atoms with Crippen molar-refractivity contribution >= 4 is 34.4 Å². The first-order valence-corrected chi connectivity index (χ1v) is 10.8. The Balaban J connectivity index is 1.40. The first-order valence-electron chi connectivity index (χ1n) is 9.94. The summed E-state index contributed by atoms with van der Waals surface area (Å²) in [7, 11) is 1.39. The van der Waals surface area contributed by atoms with Crippen LogP contribution in [0.2, 0.25) is 0 Å². The van der Waals surface area contributed by atoms with E-state index in [2.05, 4.69) is 22.4 Å². The van der Waals surface area contributed by atoms with E-state index in [0.717, 1.165) is 38.5 Å². The van der Waals surface area contributed by atoms with Crippen molar-refractivity contribution in [1.29, 1.82) is 0 Å². The number of benzene rings is 2. The molecule has 4 rings (SSSR count). The van der Waals surface area contributed by atoms with E-state index in [-0.39, 0.29) is 23.4 Å². The molecule has 0 aliphatic heterocycles. The summed E-state index contributed by atoms with van der Waals surface area (Å²) in [5, 5.41) is 13.3. The van der Waals surface area contributed by atoms with Gasteiger partial charge in [0.1, 0.15) is 18.3 Å². The van der Waals surface area contributed by atoms with Crippen molar-refractivity contribution in [3.05, 3.63) is 70.7 Å². The zero-order valence-corrected chi connectivity index (χ0v) is 18.3. The fourth-order valence-corrected chi connectivity index (χ4v) is 4.34. The fraction of sp³-hybridized carbons (Fsp3) is 0.217. The molecule has 0 bridgehead atoms. The first kappa shape index (κ1) is 21.5. The van der Waals surface area contributed by atoms with Gasteiger partial charge in [0.25, 0.3) is 5.91 Å². The van der Waals surface area contributed by atoms with Gasteiger partial charge < -0.3 is 14.7 Å². The maximum Gasteiger partial charge on any atom is 0.413 e. The van der Waals surface area contributed by atoms with E-state index in [1.807, 2.05) is 36.4 Å². The van der Waals surface area contributed by atoms with E-state index in [9.17, 15) is 14.4 Å². The molecule has 3 aromatic rings. The van der Waals surface area contributed by atoms with Crippen LogP contribution in [0.3, 0.4) is 0 Å². The van der Waals surface area contributed by atoms with Crippen LogP contribution in [0.1, 0.15) is 34.5 Å². The maximum atomic E-state index is 12.4. The first-order chi connectivity index (χ1) is 15.4. The number of thiazole rings is 1. The Morgan fingerprint density at radius 3 is 2.31 bits per heavy atom. The molecule has 1 aliphatic carbocycles. The quantitative estimate of drug-likeness (QED) is 0.585. The van der Waals surface area contributed by atoms with Crippen molar-refractivity contribution < 1.29 is 24.2 Å². The lowest BCUT2D eigenvalue weighted by atomic mass is 9.98. The van der Waals surface area contributed by atoms with Crippen LogP contribution in [0.5, 0.6) is 0 Å². The topological polar surface area (TPSA) is 109 Å². The summed E-state index contributed by atoms with van der Waals surface area (Å²) in [5.74, 6) is -1.72. The zero-order chi connectivity index (χ0) is 22.8. The summed E-state index contributed by atoms with van der Waals surface area (Å²) in [5.41, 5.74) is 4.55. The van der Waals surface area contributed by atoms with Crippen molar-refractivity contribution in [3.8, 4) is 11.1 Å². The molecular formula is C23H21N3O5S. The summed E-state index contributed by atoms with van der Waals surface area (Å²) in [6.07, 6.45) is -0.674. The predicted octanol–water partition coefficient (Wildman–Crippen LogP) is 4.05. The van der Waals surface area contributed by atoms with Gasteiger partial charge in [-0.3, -0.25) is 10.1 Å². The van der Waals surface area contributed by atoms with Crippen LogP contribution in [-0.4, -0.2) is 52.7 Å². The highest BCUT2D eigenvalue weighted by atomic mass is 32.1. The van der Waals surface area contributed by atoms with E-state index < -0.39 is 24.0 Å². The van der Waals surface area contributed by atoms with Crippen LogP contribution >= 0.6 is 11.3 Å². The number of hydrogen-bond acceptors (Lipinski definition) is 6. The number of ether oxygens (including phenoxy) is 1. The number of carbonyl (C=O) groups is 3. The smallest absolute Gasteiger partial charge is 0.413 e. The average Bonchev–Trinajstić information content (AvgIpc) is 3.38.